The lowest BCUT2D eigenvalue weighted by Gasteiger charge is -2.47. The Bertz CT molecular complexity index is 424. The summed E-state index contributed by atoms with van der Waals surface area (Å²) < 4.78 is 16.0. The number of esters is 1. The Balaban J connectivity index is 1.58. The standard InChI is InChI=1S/C16H25NO5/c1-20-15(19)16(7-3-8-16)17(12-5-6-12)14(18)11-21-10-13-4-2-9-22-13/h12-13H,2-11H2,1H3. The molecule has 6 nitrogen and oxygen atoms in total. The molecule has 0 aromatic rings. The van der Waals surface area contributed by atoms with Crippen molar-refractivity contribution in [2.24, 2.45) is 0 Å². The third kappa shape index (κ3) is 2.99. The van der Waals surface area contributed by atoms with Gasteiger partial charge in [-0.05, 0) is 44.9 Å². The molecular weight excluding hydrogens is 286 g/mol. The second-order valence-electron chi connectivity index (χ2n) is 6.52. The average Bonchev–Trinajstić information content (AvgIpc) is 3.17. The molecule has 22 heavy (non-hydrogen) atoms. The molecule has 0 N–H and O–H groups in total. The highest BCUT2D eigenvalue weighted by Crippen LogP contribution is 2.44. The smallest absolute Gasteiger partial charge is 0.331 e. The van der Waals surface area contributed by atoms with Crippen LogP contribution in [0, 0.1) is 0 Å². The number of carbonyl (C=O) groups excluding carboxylic acids is 2. The highest BCUT2D eigenvalue weighted by atomic mass is 16.5. The lowest BCUT2D eigenvalue weighted by atomic mass is 9.75. The Morgan fingerprint density at radius 3 is 2.50 bits per heavy atom. The number of methoxy groups -OCH3 is 1. The van der Waals surface area contributed by atoms with Crippen LogP contribution in [-0.4, -0.2) is 61.4 Å². The van der Waals surface area contributed by atoms with Crippen LogP contribution in [0.2, 0.25) is 0 Å². The third-order valence-electron chi connectivity index (χ3n) is 4.94. The molecule has 1 atom stereocenters. The molecule has 124 valence electrons. The molecular formula is C16H25NO5. The van der Waals surface area contributed by atoms with Crippen molar-refractivity contribution in [1.82, 2.24) is 4.90 Å². The van der Waals surface area contributed by atoms with E-state index in [1.54, 1.807) is 4.90 Å². The molecule has 1 amide bonds. The van der Waals surface area contributed by atoms with Gasteiger partial charge in [0.25, 0.3) is 0 Å². The van der Waals surface area contributed by atoms with E-state index in [4.69, 9.17) is 14.2 Å². The van der Waals surface area contributed by atoms with Gasteiger partial charge >= 0.3 is 5.97 Å². The van der Waals surface area contributed by atoms with Crippen molar-refractivity contribution >= 4 is 11.9 Å². The van der Waals surface area contributed by atoms with Gasteiger partial charge in [-0.1, -0.05) is 0 Å². The van der Waals surface area contributed by atoms with Crippen LogP contribution >= 0.6 is 0 Å². The van der Waals surface area contributed by atoms with Gasteiger partial charge < -0.3 is 19.1 Å². The van der Waals surface area contributed by atoms with E-state index < -0.39 is 5.54 Å². The minimum Gasteiger partial charge on any atom is -0.467 e. The van der Waals surface area contributed by atoms with E-state index in [0.29, 0.717) is 19.4 Å². The van der Waals surface area contributed by atoms with Gasteiger partial charge in [0, 0.05) is 12.6 Å². The van der Waals surface area contributed by atoms with E-state index in [1.807, 2.05) is 0 Å². The third-order valence-corrected chi connectivity index (χ3v) is 4.94. The highest BCUT2D eigenvalue weighted by Gasteiger charge is 2.56. The first-order valence-corrected chi connectivity index (χ1v) is 8.27. The van der Waals surface area contributed by atoms with Gasteiger partial charge in [-0.3, -0.25) is 4.79 Å². The van der Waals surface area contributed by atoms with Crippen molar-refractivity contribution in [2.75, 3.05) is 26.9 Å². The minimum atomic E-state index is -0.736. The summed E-state index contributed by atoms with van der Waals surface area (Å²) in [5.74, 6) is -0.372. The van der Waals surface area contributed by atoms with E-state index in [2.05, 4.69) is 0 Å². The second kappa shape index (κ2) is 6.54. The zero-order valence-electron chi connectivity index (χ0n) is 13.2. The molecule has 0 radical (unpaired) electrons. The van der Waals surface area contributed by atoms with Gasteiger partial charge in [0.05, 0.1) is 19.8 Å². The highest BCUT2D eigenvalue weighted by molar-refractivity contribution is 5.90. The van der Waals surface area contributed by atoms with Crippen LogP contribution in [0.15, 0.2) is 0 Å². The maximum absolute atomic E-state index is 12.6. The number of hydrogen-bond donors (Lipinski definition) is 0. The first-order chi connectivity index (χ1) is 10.7. The Kier molecular flexibility index (Phi) is 4.68. The van der Waals surface area contributed by atoms with Crippen molar-refractivity contribution in [1.29, 1.82) is 0 Å². The van der Waals surface area contributed by atoms with Crippen LogP contribution < -0.4 is 0 Å². The van der Waals surface area contributed by atoms with Gasteiger partial charge in [-0.15, -0.1) is 0 Å². The fourth-order valence-corrected chi connectivity index (χ4v) is 3.49. The molecule has 0 aromatic heterocycles. The molecule has 3 fully saturated rings. The molecule has 2 aliphatic carbocycles. The van der Waals surface area contributed by atoms with Gasteiger partial charge in [0.1, 0.15) is 12.1 Å². The predicted molar refractivity (Wildman–Crippen MR) is 78.3 cm³/mol. The zero-order valence-corrected chi connectivity index (χ0v) is 13.2. The van der Waals surface area contributed by atoms with Crippen LogP contribution in [-0.2, 0) is 23.8 Å². The van der Waals surface area contributed by atoms with E-state index in [9.17, 15) is 9.59 Å². The number of nitrogens with zero attached hydrogens (tertiary/aromatic N) is 1. The topological polar surface area (TPSA) is 65.1 Å². The fourth-order valence-electron chi connectivity index (χ4n) is 3.49. The largest absolute Gasteiger partial charge is 0.467 e. The molecule has 1 unspecified atom stereocenters. The number of carbonyl (C=O) groups is 2. The number of amides is 1. The zero-order chi connectivity index (χ0) is 15.6. The molecule has 0 aromatic carbocycles. The first kappa shape index (κ1) is 15.7. The SMILES string of the molecule is COC(=O)C1(N(C(=O)COCC2CCCO2)C2CC2)CCC1. The summed E-state index contributed by atoms with van der Waals surface area (Å²) >= 11 is 0. The maximum atomic E-state index is 12.6. The van der Waals surface area contributed by atoms with Crippen LogP contribution in [0.4, 0.5) is 0 Å². The predicted octanol–water partition coefficient (Wildman–Crippen LogP) is 1.27. The second-order valence-corrected chi connectivity index (χ2v) is 6.52. The van der Waals surface area contributed by atoms with Crippen molar-refractivity contribution in [3.05, 3.63) is 0 Å². The summed E-state index contributed by atoms with van der Waals surface area (Å²) in [6.45, 7) is 1.26. The summed E-state index contributed by atoms with van der Waals surface area (Å²) in [4.78, 5) is 26.6. The average molecular weight is 311 g/mol. The van der Waals surface area contributed by atoms with Crippen LogP contribution in [0.1, 0.15) is 44.9 Å². The fraction of sp³-hybridized carbons (Fsp3) is 0.875. The molecule has 1 aliphatic heterocycles. The van der Waals surface area contributed by atoms with Gasteiger partial charge in [0.15, 0.2) is 0 Å². The molecule has 1 saturated heterocycles. The van der Waals surface area contributed by atoms with E-state index in [1.165, 1.54) is 7.11 Å². The van der Waals surface area contributed by atoms with Crippen LogP contribution in [0.3, 0.4) is 0 Å². The lowest BCUT2D eigenvalue weighted by Crippen LogP contribution is -2.63. The van der Waals surface area contributed by atoms with Gasteiger partial charge in [-0.2, -0.15) is 0 Å². The lowest BCUT2D eigenvalue weighted by molar-refractivity contribution is -0.172. The number of rotatable bonds is 7. The minimum absolute atomic E-state index is 0.0229. The van der Waals surface area contributed by atoms with E-state index in [-0.39, 0.29) is 30.6 Å². The Morgan fingerprint density at radius 1 is 1.23 bits per heavy atom. The first-order valence-electron chi connectivity index (χ1n) is 8.27. The molecule has 0 spiro atoms. The van der Waals surface area contributed by atoms with Crippen molar-refractivity contribution in [2.45, 2.75) is 62.6 Å². The van der Waals surface area contributed by atoms with E-state index >= 15 is 0 Å². The molecule has 3 aliphatic rings. The summed E-state index contributed by atoms with van der Waals surface area (Å²) in [5.41, 5.74) is -0.736. The van der Waals surface area contributed by atoms with Crippen molar-refractivity contribution < 1.29 is 23.8 Å². The van der Waals surface area contributed by atoms with Gasteiger partial charge in [0.2, 0.25) is 5.91 Å². The van der Waals surface area contributed by atoms with Crippen molar-refractivity contribution in [3.8, 4) is 0 Å². The molecule has 1 heterocycles. The Hall–Kier alpha value is -1.14. The number of ether oxygens (including phenoxy) is 3. The quantitative estimate of drug-likeness (QED) is 0.663. The Labute approximate surface area is 131 Å². The van der Waals surface area contributed by atoms with Crippen LogP contribution in [0.5, 0.6) is 0 Å². The summed E-state index contributed by atoms with van der Waals surface area (Å²) in [5, 5.41) is 0. The van der Waals surface area contributed by atoms with E-state index in [0.717, 1.165) is 38.7 Å². The molecule has 3 rings (SSSR count). The van der Waals surface area contributed by atoms with Gasteiger partial charge in [-0.25, -0.2) is 4.79 Å². The summed E-state index contributed by atoms with van der Waals surface area (Å²) in [7, 11) is 1.39. The number of hydrogen-bond acceptors (Lipinski definition) is 5. The Morgan fingerprint density at radius 2 is 2.00 bits per heavy atom. The molecule has 6 heteroatoms. The summed E-state index contributed by atoms with van der Waals surface area (Å²) in [6.07, 6.45) is 6.46. The molecule has 2 saturated carbocycles. The monoisotopic (exact) mass is 311 g/mol. The molecule has 0 bridgehead atoms. The van der Waals surface area contributed by atoms with Crippen molar-refractivity contribution in [3.63, 3.8) is 0 Å². The van der Waals surface area contributed by atoms with Crippen LogP contribution in [0.25, 0.3) is 0 Å². The summed E-state index contributed by atoms with van der Waals surface area (Å²) in [6, 6.07) is 0.179. The maximum Gasteiger partial charge on any atom is 0.331 e. The normalized spacial score (nSPS) is 26.3.